The largest absolute Gasteiger partial charge is 0.382 e. The number of hydrogen-bond acceptors (Lipinski definition) is 7. The van der Waals surface area contributed by atoms with Crippen LogP contribution < -0.4 is 10.6 Å². The zero-order valence-electron chi connectivity index (χ0n) is 11.9. The number of aromatic nitrogens is 4. The monoisotopic (exact) mass is 286 g/mol. The van der Waals surface area contributed by atoms with Crippen LogP contribution in [-0.4, -0.2) is 46.2 Å². The van der Waals surface area contributed by atoms with E-state index in [4.69, 9.17) is 4.74 Å². The van der Waals surface area contributed by atoms with E-state index >= 15 is 0 Å². The summed E-state index contributed by atoms with van der Waals surface area (Å²) in [6.07, 6.45) is 8.49. The molecule has 0 aromatic carbocycles. The van der Waals surface area contributed by atoms with Gasteiger partial charge < -0.3 is 15.4 Å². The number of methoxy groups -OCH3 is 1. The molecule has 0 aliphatic carbocycles. The molecular formula is C14H18N6O. The predicted molar refractivity (Wildman–Crippen MR) is 81.9 cm³/mol. The highest BCUT2D eigenvalue weighted by atomic mass is 16.5. The minimum atomic E-state index is 0.0000749. The first-order valence-electron chi connectivity index (χ1n) is 6.52. The van der Waals surface area contributed by atoms with Crippen molar-refractivity contribution in [3.8, 4) is 0 Å². The minimum absolute atomic E-state index is 0.0000749. The first kappa shape index (κ1) is 14.9. The Morgan fingerprint density at radius 1 is 1.19 bits per heavy atom. The summed E-state index contributed by atoms with van der Waals surface area (Å²) in [5.74, 6) is 1.11. The summed E-state index contributed by atoms with van der Waals surface area (Å²) >= 11 is 0. The van der Waals surface area contributed by atoms with E-state index in [2.05, 4.69) is 37.1 Å². The summed E-state index contributed by atoms with van der Waals surface area (Å²) in [6, 6.07) is 1.77. The third-order valence-electron chi connectivity index (χ3n) is 2.68. The Labute approximate surface area is 123 Å². The van der Waals surface area contributed by atoms with E-state index in [-0.39, 0.29) is 6.04 Å². The van der Waals surface area contributed by atoms with E-state index in [1.807, 2.05) is 0 Å². The van der Waals surface area contributed by atoms with Crippen molar-refractivity contribution in [1.82, 2.24) is 19.9 Å². The highest BCUT2D eigenvalue weighted by Gasteiger charge is 2.10. The number of ether oxygens (including phenoxy) is 1. The zero-order valence-corrected chi connectivity index (χ0v) is 11.9. The smallest absolute Gasteiger partial charge is 0.222 e. The second-order valence-corrected chi connectivity index (χ2v) is 4.29. The Bertz CT molecular complexity index is 545. The van der Waals surface area contributed by atoms with Crippen LogP contribution in [0.1, 0.15) is 5.56 Å². The summed E-state index contributed by atoms with van der Waals surface area (Å²) in [5, 5.41) is 6.34. The second-order valence-electron chi connectivity index (χ2n) is 4.29. The molecule has 0 saturated heterocycles. The van der Waals surface area contributed by atoms with E-state index < -0.39 is 0 Å². The van der Waals surface area contributed by atoms with E-state index in [1.165, 1.54) is 0 Å². The summed E-state index contributed by atoms with van der Waals surface area (Å²) in [5.41, 5.74) is 0.879. The highest BCUT2D eigenvalue weighted by molar-refractivity contribution is 5.44. The predicted octanol–water partition coefficient (Wildman–Crippen LogP) is 1.45. The van der Waals surface area contributed by atoms with Crippen LogP contribution in [0.5, 0.6) is 0 Å². The topological polar surface area (TPSA) is 84.9 Å². The summed E-state index contributed by atoms with van der Waals surface area (Å²) in [6.45, 7) is 4.76. The van der Waals surface area contributed by atoms with E-state index in [1.54, 1.807) is 44.0 Å². The fraction of sp³-hybridized carbons (Fsp3) is 0.286. The Hall–Kier alpha value is -2.54. The van der Waals surface area contributed by atoms with Crippen LogP contribution in [-0.2, 0) is 4.74 Å². The molecule has 7 heteroatoms. The van der Waals surface area contributed by atoms with Crippen LogP contribution in [0.15, 0.2) is 37.4 Å². The standard InChI is InChI=1S/C14H18N6O/c1-3-11-7-17-13(18-8-11)19-9-12(10-21-2)20-14-15-5-4-6-16-14/h3-8,12H,1,9-10H2,2H3,(H,15,16,20)(H,17,18,19)/t12-/m1/s1. The van der Waals surface area contributed by atoms with Gasteiger partial charge in [0.15, 0.2) is 0 Å². The van der Waals surface area contributed by atoms with Gasteiger partial charge in [0.25, 0.3) is 0 Å². The van der Waals surface area contributed by atoms with Gasteiger partial charge in [-0.2, -0.15) is 0 Å². The molecule has 0 saturated carbocycles. The van der Waals surface area contributed by atoms with Crippen molar-refractivity contribution < 1.29 is 4.74 Å². The molecule has 0 radical (unpaired) electrons. The van der Waals surface area contributed by atoms with E-state index in [0.29, 0.717) is 25.0 Å². The number of nitrogens with zero attached hydrogens (tertiary/aromatic N) is 4. The molecule has 0 bridgehead atoms. The quantitative estimate of drug-likeness (QED) is 0.759. The normalized spacial score (nSPS) is 11.7. The molecule has 0 fully saturated rings. The van der Waals surface area contributed by atoms with Gasteiger partial charge in [0.2, 0.25) is 11.9 Å². The SMILES string of the molecule is C=Cc1cnc(NC[C@H](COC)Nc2ncccn2)nc1. The Morgan fingerprint density at radius 3 is 2.52 bits per heavy atom. The lowest BCUT2D eigenvalue weighted by molar-refractivity contribution is 0.188. The van der Waals surface area contributed by atoms with Gasteiger partial charge in [-0.3, -0.25) is 0 Å². The van der Waals surface area contributed by atoms with Gasteiger partial charge in [-0.25, -0.2) is 19.9 Å². The average molecular weight is 286 g/mol. The molecule has 0 unspecified atom stereocenters. The first-order chi connectivity index (χ1) is 10.3. The maximum absolute atomic E-state index is 5.19. The molecule has 0 aliphatic rings. The first-order valence-corrected chi connectivity index (χ1v) is 6.52. The van der Waals surface area contributed by atoms with Gasteiger partial charge in [-0.05, 0) is 6.07 Å². The van der Waals surface area contributed by atoms with Crippen molar-refractivity contribution in [2.24, 2.45) is 0 Å². The van der Waals surface area contributed by atoms with Gasteiger partial charge in [-0.15, -0.1) is 0 Å². The molecule has 2 rings (SSSR count). The van der Waals surface area contributed by atoms with Crippen molar-refractivity contribution >= 4 is 18.0 Å². The fourth-order valence-corrected chi connectivity index (χ4v) is 1.66. The van der Waals surface area contributed by atoms with Gasteiger partial charge in [0, 0.05) is 44.0 Å². The van der Waals surface area contributed by atoms with Crippen molar-refractivity contribution in [2.45, 2.75) is 6.04 Å². The molecule has 0 spiro atoms. The van der Waals surface area contributed by atoms with Crippen LogP contribution in [0.25, 0.3) is 6.08 Å². The van der Waals surface area contributed by atoms with Crippen LogP contribution in [0.2, 0.25) is 0 Å². The molecule has 0 amide bonds. The molecule has 2 aromatic heterocycles. The van der Waals surface area contributed by atoms with Crippen molar-refractivity contribution in [3.63, 3.8) is 0 Å². The van der Waals surface area contributed by atoms with Crippen molar-refractivity contribution in [3.05, 3.63) is 43.0 Å². The molecule has 7 nitrogen and oxygen atoms in total. The summed E-state index contributed by atoms with van der Waals surface area (Å²) in [4.78, 5) is 16.7. The lowest BCUT2D eigenvalue weighted by Crippen LogP contribution is -2.33. The average Bonchev–Trinajstić information content (AvgIpc) is 2.54. The van der Waals surface area contributed by atoms with Crippen LogP contribution in [0.4, 0.5) is 11.9 Å². The minimum Gasteiger partial charge on any atom is -0.382 e. The second kappa shape index (κ2) is 7.91. The number of nitrogens with one attached hydrogen (secondary N) is 2. The number of rotatable bonds is 8. The Kier molecular flexibility index (Phi) is 5.60. The van der Waals surface area contributed by atoms with E-state index in [0.717, 1.165) is 5.56 Å². The lowest BCUT2D eigenvalue weighted by atomic mass is 10.3. The molecule has 0 aliphatic heterocycles. The maximum Gasteiger partial charge on any atom is 0.222 e. The summed E-state index contributed by atoms with van der Waals surface area (Å²) in [7, 11) is 1.65. The van der Waals surface area contributed by atoms with Crippen molar-refractivity contribution in [2.75, 3.05) is 30.9 Å². The molecule has 2 heterocycles. The molecule has 21 heavy (non-hydrogen) atoms. The van der Waals surface area contributed by atoms with Gasteiger partial charge in [0.1, 0.15) is 0 Å². The Balaban J connectivity index is 1.91. The molecular weight excluding hydrogens is 268 g/mol. The molecule has 1 atom stereocenters. The lowest BCUT2D eigenvalue weighted by Gasteiger charge is -2.18. The molecule has 110 valence electrons. The van der Waals surface area contributed by atoms with Crippen LogP contribution in [0.3, 0.4) is 0 Å². The van der Waals surface area contributed by atoms with Gasteiger partial charge in [0.05, 0.1) is 12.6 Å². The third kappa shape index (κ3) is 4.81. The van der Waals surface area contributed by atoms with Crippen LogP contribution >= 0.6 is 0 Å². The van der Waals surface area contributed by atoms with Crippen molar-refractivity contribution in [1.29, 1.82) is 0 Å². The van der Waals surface area contributed by atoms with E-state index in [9.17, 15) is 0 Å². The zero-order chi connectivity index (χ0) is 14.9. The molecule has 2 N–H and O–H groups in total. The Morgan fingerprint density at radius 2 is 1.90 bits per heavy atom. The highest BCUT2D eigenvalue weighted by Crippen LogP contribution is 2.03. The third-order valence-corrected chi connectivity index (χ3v) is 2.68. The maximum atomic E-state index is 5.19. The number of hydrogen-bond donors (Lipinski definition) is 2. The molecule has 2 aromatic rings. The summed E-state index contributed by atoms with van der Waals surface area (Å²) < 4.78 is 5.19. The fourth-order valence-electron chi connectivity index (χ4n) is 1.66. The van der Waals surface area contributed by atoms with Gasteiger partial charge in [-0.1, -0.05) is 12.7 Å². The number of anilines is 2. The van der Waals surface area contributed by atoms with Crippen LogP contribution in [0, 0.1) is 0 Å². The van der Waals surface area contributed by atoms with Gasteiger partial charge >= 0.3 is 0 Å².